The molecule has 0 radical (unpaired) electrons. The highest BCUT2D eigenvalue weighted by atomic mass is 19.4. The van der Waals surface area contributed by atoms with E-state index in [4.69, 9.17) is 0 Å². The van der Waals surface area contributed by atoms with Gasteiger partial charge in [-0.1, -0.05) is 18.2 Å². The van der Waals surface area contributed by atoms with Gasteiger partial charge in [0.1, 0.15) is 0 Å². The molecule has 2 aromatic rings. The monoisotopic (exact) mass is 253 g/mol. The van der Waals surface area contributed by atoms with Gasteiger partial charge in [0.25, 0.3) is 5.56 Å². The van der Waals surface area contributed by atoms with Crippen molar-refractivity contribution < 1.29 is 13.2 Å². The molecule has 0 saturated heterocycles. The molecule has 1 heterocycles. The molecule has 0 fully saturated rings. The lowest BCUT2D eigenvalue weighted by atomic mass is 10.00. The SMILES string of the molecule is Cc1c[nH]c(=O)c(-c2ccccc2C(F)(F)F)c1. The molecule has 1 aromatic heterocycles. The van der Waals surface area contributed by atoms with E-state index < -0.39 is 17.3 Å². The molecular formula is C13H10F3NO. The third-order valence-electron chi connectivity index (χ3n) is 2.57. The molecule has 1 N–H and O–H groups in total. The highest BCUT2D eigenvalue weighted by Crippen LogP contribution is 2.35. The zero-order valence-electron chi connectivity index (χ0n) is 9.51. The Balaban J connectivity index is 2.72. The second-order valence-electron chi connectivity index (χ2n) is 3.96. The van der Waals surface area contributed by atoms with Crippen LogP contribution in [0.3, 0.4) is 0 Å². The van der Waals surface area contributed by atoms with Gasteiger partial charge in [-0.15, -0.1) is 0 Å². The Kier molecular flexibility index (Phi) is 2.98. The molecule has 0 unspecified atom stereocenters. The van der Waals surface area contributed by atoms with Crippen LogP contribution in [-0.4, -0.2) is 4.98 Å². The van der Waals surface area contributed by atoms with E-state index in [9.17, 15) is 18.0 Å². The van der Waals surface area contributed by atoms with Crippen LogP contribution in [0.25, 0.3) is 11.1 Å². The maximum Gasteiger partial charge on any atom is 0.417 e. The van der Waals surface area contributed by atoms with Crippen molar-refractivity contribution in [3.8, 4) is 11.1 Å². The Bertz CT molecular complexity index is 629. The zero-order valence-corrected chi connectivity index (χ0v) is 9.51. The van der Waals surface area contributed by atoms with Crippen LogP contribution in [0.1, 0.15) is 11.1 Å². The molecule has 0 atom stereocenters. The number of hydrogen-bond acceptors (Lipinski definition) is 1. The lowest BCUT2D eigenvalue weighted by Crippen LogP contribution is -2.13. The molecule has 5 heteroatoms. The first-order valence-corrected chi connectivity index (χ1v) is 5.25. The zero-order chi connectivity index (χ0) is 13.3. The molecule has 18 heavy (non-hydrogen) atoms. The van der Waals surface area contributed by atoms with Crippen molar-refractivity contribution in [2.75, 3.05) is 0 Å². The predicted molar refractivity (Wildman–Crippen MR) is 62.2 cm³/mol. The van der Waals surface area contributed by atoms with Gasteiger partial charge in [-0.25, -0.2) is 0 Å². The van der Waals surface area contributed by atoms with Crippen molar-refractivity contribution in [1.82, 2.24) is 4.98 Å². The molecular weight excluding hydrogens is 243 g/mol. The summed E-state index contributed by atoms with van der Waals surface area (Å²) in [5.41, 5.74) is -0.710. The number of rotatable bonds is 1. The summed E-state index contributed by atoms with van der Waals surface area (Å²) < 4.78 is 38.6. The number of aromatic nitrogens is 1. The Morgan fingerprint density at radius 3 is 2.44 bits per heavy atom. The molecule has 0 aliphatic heterocycles. The van der Waals surface area contributed by atoms with Gasteiger partial charge in [0, 0.05) is 11.8 Å². The summed E-state index contributed by atoms with van der Waals surface area (Å²) in [6, 6.07) is 6.50. The molecule has 0 saturated carbocycles. The number of benzene rings is 1. The molecule has 2 nitrogen and oxygen atoms in total. The minimum Gasteiger partial charge on any atom is -0.328 e. The first-order chi connectivity index (χ1) is 8.39. The van der Waals surface area contributed by atoms with E-state index >= 15 is 0 Å². The maximum atomic E-state index is 12.9. The van der Waals surface area contributed by atoms with Gasteiger partial charge >= 0.3 is 6.18 Å². The van der Waals surface area contributed by atoms with Crippen molar-refractivity contribution in [3.05, 3.63) is 58.0 Å². The fourth-order valence-corrected chi connectivity index (χ4v) is 1.76. The average molecular weight is 253 g/mol. The summed E-state index contributed by atoms with van der Waals surface area (Å²) in [6.45, 7) is 1.70. The van der Waals surface area contributed by atoms with Gasteiger partial charge in [-0.2, -0.15) is 13.2 Å². The maximum absolute atomic E-state index is 12.9. The van der Waals surface area contributed by atoms with Gasteiger partial charge in [-0.05, 0) is 30.2 Å². The molecule has 2 rings (SSSR count). The normalized spacial score (nSPS) is 11.6. The van der Waals surface area contributed by atoms with Crippen molar-refractivity contribution in [2.45, 2.75) is 13.1 Å². The third-order valence-corrected chi connectivity index (χ3v) is 2.57. The standard InChI is InChI=1S/C13H10F3NO/c1-8-6-10(12(18)17-7-8)9-4-2-3-5-11(9)13(14,15)16/h2-7H,1H3,(H,17,18). The quantitative estimate of drug-likeness (QED) is 0.830. The van der Waals surface area contributed by atoms with Crippen LogP contribution in [-0.2, 0) is 6.18 Å². The third kappa shape index (κ3) is 2.30. The lowest BCUT2D eigenvalue weighted by molar-refractivity contribution is -0.137. The number of hydrogen-bond donors (Lipinski definition) is 1. The highest BCUT2D eigenvalue weighted by Gasteiger charge is 2.33. The fourth-order valence-electron chi connectivity index (χ4n) is 1.76. The van der Waals surface area contributed by atoms with Gasteiger partial charge < -0.3 is 4.98 Å². The van der Waals surface area contributed by atoms with Gasteiger partial charge in [0.05, 0.1) is 5.56 Å². The number of H-pyrrole nitrogens is 1. The summed E-state index contributed by atoms with van der Waals surface area (Å²) in [7, 11) is 0. The van der Waals surface area contributed by atoms with Crippen LogP contribution in [0.15, 0.2) is 41.3 Å². The van der Waals surface area contributed by atoms with Crippen LogP contribution >= 0.6 is 0 Å². The van der Waals surface area contributed by atoms with Crippen LogP contribution in [0.2, 0.25) is 0 Å². The number of pyridine rings is 1. The molecule has 0 aliphatic carbocycles. The Morgan fingerprint density at radius 2 is 1.78 bits per heavy atom. The number of nitrogens with one attached hydrogen (secondary N) is 1. The molecule has 94 valence electrons. The van der Waals surface area contributed by atoms with Crippen LogP contribution in [0.5, 0.6) is 0 Å². The van der Waals surface area contributed by atoms with E-state index in [0.717, 1.165) is 6.07 Å². The number of alkyl halides is 3. The first-order valence-electron chi connectivity index (χ1n) is 5.25. The molecule has 0 amide bonds. The summed E-state index contributed by atoms with van der Waals surface area (Å²) >= 11 is 0. The first kappa shape index (κ1) is 12.4. The summed E-state index contributed by atoms with van der Waals surface area (Å²) in [4.78, 5) is 14.1. The molecule has 0 spiro atoms. The van der Waals surface area contributed by atoms with E-state index in [0.29, 0.717) is 5.56 Å². The minimum absolute atomic E-state index is 0.0305. The molecule has 0 bridgehead atoms. The lowest BCUT2D eigenvalue weighted by Gasteiger charge is -2.12. The largest absolute Gasteiger partial charge is 0.417 e. The van der Waals surface area contributed by atoms with Crippen molar-refractivity contribution >= 4 is 0 Å². The smallest absolute Gasteiger partial charge is 0.328 e. The summed E-state index contributed by atoms with van der Waals surface area (Å²) in [5.74, 6) is 0. The van der Waals surface area contributed by atoms with Crippen LogP contribution in [0, 0.1) is 6.92 Å². The van der Waals surface area contributed by atoms with E-state index in [2.05, 4.69) is 4.98 Å². The summed E-state index contributed by atoms with van der Waals surface area (Å²) in [6.07, 6.45) is -3.02. The van der Waals surface area contributed by atoms with Crippen molar-refractivity contribution in [3.63, 3.8) is 0 Å². The second kappa shape index (κ2) is 4.33. The predicted octanol–water partition coefficient (Wildman–Crippen LogP) is 3.37. The van der Waals surface area contributed by atoms with Crippen LogP contribution in [0.4, 0.5) is 13.2 Å². The number of aryl methyl sites for hydroxylation is 1. The second-order valence-corrected chi connectivity index (χ2v) is 3.96. The van der Waals surface area contributed by atoms with E-state index in [1.807, 2.05) is 0 Å². The molecule has 0 aliphatic rings. The van der Waals surface area contributed by atoms with E-state index in [1.54, 1.807) is 6.92 Å². The van der Waals surface area contributed by atoms with Gasteiger partial charge in [0.2, 0.25) is 0 Å². The van der Waals surface area contributed by atoms with E-state index in [-0.39, 0.29) is 11.1 Å². The Labute approximate surface area is 101 Å². The Morgan fingerprint density at radius 1 is 1.11 bits per heavy atom. The van der Waals surface area contributed by atoms with Gasteiger partial charge in [0.15, 0.2) is 0 Å². The number of halogens is 3. The highest BCUT2D eigenvalue weighted by molar-refractivity contribution is 5.67. The molecule has 1 aromatic carbocycles. The van der Waals surface area contributed by atoms with Gasteiger partial charge in [-0.3, -0.25) is 4.79 Å². The van der Waals surface area contributed by atoms with Crippen molar-refractivity contribution in [1.29, 1.82) is 0 Å². The van der Waals surface area contributed by atoms with Crippen LogP contribution < -0.4 is 5.56 Å². The fraction of sp³-hybridized carbons (Fsp3) is 0.154. The summed E-state index contributed by atoms with van der Waals surface area (Å²) in [5, 5.41) is 0. The van der Waals surface area contributed by atoms with E-state index in [1.165, 1.54) is 30.5 Å². The number of aromatic amines is 1. The van der Waals surface area contributed by atoms with Crippen molar-refractivity contribution in [2.24, 2.45) is 0 Å². The average Bonchev–Trinajstić information content (AvgIpc) is 2.31. The Hall–Kier alpha value is -2.04. The topological polar surface area (TPSA) is 32.9 Å². The minimum atomic E-state index is -4.48.